The highest BCUT2D eigenvalue weighted by Crippen LogP contribution is 2.35. The minimum absolute atomic E-state index is 0.00787. The molecule has 0 bridgehead atoms. The Morgan fingerprint density at radius 1 is 1.23 bits per heavy atom. The third kappa shape index (κ3) is 5.20. The molecule has 0 fully saturated rings. The largest absolute Gasteiger partial charge is 0.462 e. The Morgan fingerprint density at radius 3 is 2.42 bits per heavy atom. The van der Waals surface area contributed by atoms with Crippen molar-refractivity contribution in [3.63, 3.8) is 0 Å². The third-order valence-electron chi connectivity index (χ3n) is 4.50. The predicted molar refractivity (Wildman–Crippen MR) is 118 cm³/mol. The number of hydrogen-bond donors (Lipinski definition) is 1. The molecule has 0 unspecified atom stereocenters. The summed E-state index contributed by atoms with van der Waals surface area (Å²) in [5.74, 6) is -1.70. The number of benzene rings is 1. The lowest BCUT2D eigenvalue weighted by Crippen LogP contribution is -2.30. The van der Waals surface area contributed by atoms with Gasteiger partial charge >= 0.3 is 5.97 Å². The van der Waals surface area contributed by atoms with Gasteiger partial charge in [-0.05, 0) is 39.3 Å². The van der Waals surface area contributed by atoms with Gasteiger partial charge in [-0.3, -0.25) is 19.7 Å². The van der Waals surface area contributed by atoms with Gasteiger partial charge in [0.25, 0.3) is 17.5 Å². The maximum absolute atomic E-state index is 12.9. The molecular weight excluding hydrogens is 446 g/mol. The fraction of sp³-hybridized carbons (Fsp3) is 0.350. The lowest BCUT2D eigenvalue weighted by Gasteiger charge is -2.18. The number of halogens is 1. The minimum atomic E-state index is -0.748. The number of carbonyl (C=O) groups excluding carboxylic acids is 3. The second-order valence-corrected chi connectivity index (χ2v) is 7.76. The van der Waals surface area contributed by atoms with E-state index in [9.17, 15) is 24.5 Å². The molecule has 0 aliphatic carbocycles. The van der Waals surface area contributed by atoms with Crippen LogP contribution < -0.4 is 5.32 Å². The number of carbonyl (C=O) groups is 3. The summed E-state index contributed by atoms with van der Waals surface area (Å²) in [5.41, 5.74) is 0.0197. The summed E-state index contributed by atoms with van der Waals surface area (Å²) in [6.07, 6.45) is 0. The third-order valence-corrected chi connectivity index (χ3v) is 6.03. The molecule has 0 spiro atoms. The van der Waals surface area contributed by atoms with Gasteiger partial charge in [-0.15, -0.1) is 11.3 Å². The van der Waals surface area contributed by atoms with Crippen LogP contribution >= 0.6 is 22.9 Å². The van der Waals surface area contributed by atoms with E-state index in [-0.39, 0.29) is 39.4 Å². The van der Waals surface area contributed by atoms with Gasteiger partial charge in [0.15, 0.2) is 0 Å². The van der Waals surface area contributed by atoms with Crippen molar-refractivity contribution in [2.45, 2.75) is 27.7 Å². The molecule has 9 nitrogen and oxygen atoms in total. The highest BCUT2D eigenvalue weighted by molar-refractivity contribution is 7.18. The van der Waals surface area contributed by atoms with Crippen LogP contribution in [0.25, 0.3) is 0 Å². The molecule has 0 atom stereocenters. The first kappa shape index (κ1) is 24.3. The number of nitro groups is 1. The highest BCUT2D eigenvalue weighted by Gasteiger charge is 2.29. The lowest BCUT2D eigenvalue weighted by atomic mass is 10.1. The van der Waals surface area contributed by atoms with Crippen molar-refractivity contribution >= 4 is 51.4 Å². The molecule has 0 aliphatic rings. The maximum atomic E-state index is 12.9. The summed E-state index contributed by atoms with van der Waals surface area (Å²) in [6.45, 7) is 7.99. The van der Waals surface area contributed by atoms with Gasteiger partial charge in [0, 0.05) is 25.2 Å². The highest BCUT2D eigenvalue weighted by atomic mass is 35.5. The average Bonchev–Trinajstić information content (AvgIpc) is 3.04. The van der Waals surface area contributed by atoms with Crippen LogP contribution in [0.15, 0.2) is 18.2 Å². The number of esters is 1. The maximum Gasteiger partial charge on any atom is 0.341 e. The smallest absolute Gasteiger partial charge is 0.341 e. The lowest BCUT2D eigenvalue weighted by molar-refractivity contribution is -0.384. The Morgan fingerprint density at radius 2 is 1.87 bits per heavy atom. The van der Waals surface area contributed by atoms with Crippen molar-refractivity contribution in [3.05, 3.63) is 54.9 Å². The second-order valence-electron chi connectivity index (χ2n) is 6.33. The van der Waals surface area contributed by atoms with Crippen LogP contribution in [0.3, 0.4) is 0 Å². The zero-order chi connectivity index (χ0) is 23.3. The minimum Gasteiger partial charge on any atom is -0.462 e. The fourth-order valence-electron chi connectivity index (χ4n) is 2.88. The molecule has 2 aromatic rings. The summed E-state index contributed by atoms with van der Waals surface area (Å²) >= 11 is 6.99. The molecule has 2 rings (SSSR count). The summed E-state index contributed by atoms with van der Waals surface area (Å²) in [7, 11) is 0. The molecule has 0 aliphatic heterocycles. The molecule has 1 heterocycles. The number of non-ortho nitro benzene ring substituents is 1. The molecule has 31 heavy (non-hydrogen) atoms. The monoisotopic (exact) mass is 467 g/mol. The molecule has 0 radical (unpaired) electrons. The van der Waals surface area contributed by atoms with Gasteiger partial charge in [-0.25, -0.2) is 4.79 Å². The summed E-state index contributed by atoms with van der Waals surface area (Å²) in [5, 5.41) is 13.7. The molecule has 1 N–H and O–H groups in total. The Bertz CT molecular complexity index is 1030. The topological polar surface area (TPSA) is 119 Å². The van der Waals surface area contributed by atoms with Crippen LogP contribution in [0, 0.1) is 17.0 Å². The van der Waals surface area contributed by atoms with E-state index in [1.807, 2.05) is 13.8 Å². The van der Waals surface area contributed by atoms with E-state index in [0.29, 0.717) is 23.5 Å². The number of nitrogens with zero attached hydrogens (tertiary/aromatic N) is 2. The number of thiophene rings is 1. The zero-order valence-electron chi connectivity index (χ0n) is 17.5. The molecule has 1 aromatic heterocycles. The molecule has 1 aromatic carbocycles. The predicted octanol–water partition coefficient (Wildman–Crippen LogP) is 4.53. The summed E-state index contributed by atoms with van der Waals surface area (Å²) in [4.78, 5) is 50.5. The van der Waals surface area contributed by atoms with Crippen LogP contribution in [-0.2, 0) is 4.74 Å². The van der Waals surface area contributed by atoms with Crippen LogP contribution in [0.5, 0.6) is 0 Å². The van der Waals surface area contributed by atoms with Gasteiger partial charge in [-0.2, -0.15) is 0 Å². The Kier molecular flexibility index (Phi) is 8.12. The number of anilines is 1. The average molecular weight is 468 g/mol. The first-order valence-electron chi connectivity index (χ1n) is 9.51. The second kappa shape index (κ2) is 10.4. The quantitative estimate of drug-likeness (QED) is 0.346. The van der Waals surface area contributed by atoms with E-state index in [4.69, 9.17) is 16.3 Å². The first-order valence-corrected chi connectivity index (χ1v) is 10.7. The number of rotatable bonds is 8. The molecule has 166 valence electrons. The number of amides is 2. The summed E-state index contributed by atoms with van der Waals surface area (Å²) in [6, 6.07) is 3.47. The van der Waals surface area contributed by atoms with E-state index in [1.165, 1.54) is 12.1 Å². The molecular formula is C20H22ClN3O6S. The Labute approximate surface area is 188 Å². The van der Waals surface area contributed by atoms with E-state index in [1.54, 1.807) is 18.7 Å². The molecule has 0 saturated heterocycles. The number of nitro benzene ring substituents is 1. The van der Waals surface area contributed by atoms with Crippen molar-refractivity contribution in [3.8, 4) is 0 Å². The van der Waals surface area contributed by atoms with E-state index >= 15 is 0 Å². The molecule has 2 amide bonds. The van der Waals surface area contributed by atoms with Gasteiger partial charge in [0.05, 0.1) is 32.6 Å². The van der Waals surface area contributed by atoms with Gasteiger partial charge in [0.1, 0.15) is 5.00 Å². The normalized spacial score (nSPS) is 10.5. The zero-order valence-corrected chi connectivity index (χ0v) is 19.1. The molecule has 11 heteroatoms. The first-order chi connectivity index (χ1) is 14.7. The van der Waals surface area contributed by atoms with Crippen molar-refractivity contribution in [1.29, 1.82) is 0 Å². The van der Waals surface area contributed by atoms with Crippen molar-refractivity contribution < 1.29 is 24.0 Å². The van der Waals surface area contributed by atoms with E-state index < -0.39 is 16.8 Å². The Hall–Kier alpha value is -2.98. The van der Waals surface area contributed by atoms with Crippen molar-refractivity contribution in [2.24, 2.45) is 0 Å². The van der Waals surface area contributed by atoms with E-state index in [0.717, 1.165) is 17.4 Å². The van der Waals surface area contributed by atoms with Crippen LogP contribution in [-0.4, -0.2) is 47.3 Å². The number of hydrogen-bond acceptors (Lipinski definition) is 7. The van der Waals surface area contributed by atoms with Crippen molar-refractivity contribution in [1.82, 2.24) is 4.90 Å². The van der Waals surface area contributed by atoms with E-state index in [2.05, 4.69) is 5.32 Å². The number of nitrogens with one attached hydrogen (secondary N) is 1. The van der Waals surface area contributed by atoms with Gasteiger partial charge < -0.3 is 15.0 Å². The molecule has 0 saturated carbocycles. The number of ether oxygens (including phenoxy) is 1. The Balaban J connectivity index is 2.52. The summed E-state index contributed by atoms with van der Waals surface area (Å²) < 4.78 is 5.09. The standard InChI is InChI=1S/C20H22ClN3O6S/c1-5-23(6-2)19(26)16-11(4)15(20(27)30-7-3)18(31-16)22-17(25)13-10-12(24(28)29)8-9-14(13)21/h8-10H,5-7H2,1-4H3,(H,22,25). The van der Waals surface area contributed by atoms with Crippen LogP contribution in [0.1, 0.15) is 56.7 Å². The van der Waals surface area contributed by atoms with Gasteiger partial charge in [0.2, 0.25) is 0 Å². The SMILES string of the molecule is CCOC(=O)c1c(NC(=O)c2cc([N+](=O)[O-])ccc2Cl)sc(C(=O)N(CC)CC)c1C. The van der Waals surface area contributed by atoms with Crippen molar-refractivity contribution in [2.75, 3.05) is 25.0 Å². The van der Waals surface area contributed by atoms with Crippen LogP contribution in [0.4, 0.5) is 10.7 Å². The van der Waals surface area contributed by atoms with Gasteiger partial charge in [-0.1, -0.05) is 11.6 Å². The van der Waals surface area contributed by atoms with Crippen LogP contribution in [0.2, 0.25) is 5.02 Å². The fourth-order valence-corrected chi connectivity index (χ4v) is 4.24.